The molecule has 4 heteroatoms. The van der Waals surface area contributed by atoms with Gasteiger partial charge in [0.15, 0.2) is 0 Å². The third kappa shape index (κ3) is 3.91. The van der Waals surface area contributed by atoms with E-state index in [0.29, 0.717) is 6.54 Å². The molecule has 4 nitrogen and oxygen atoms in total. The van der Waals surface area contributed by atoms with Gasteiger partial charge in [0, 0.05) is 26.2 Å². The van der Waals surface area contributed by atoms with Crippen molar-refractivity contribution < 1.29 is 4.79 Å². The molecular weight excluding hydrogens is 262 g/mol. The molecule has 2 fully saturated rings. The topological polar surface area (TPSA) is 49.6 Å². The number of amides is 2. The normalized spacial score (nSPS) is 23.2. The van der Waals surface area contributed by atoms with Gasteiger partial charge >= 0.3 is 6.03 Å². The molecule has 1 aliphatic heterocycles. The van der Waals surface area contributed by atoms with E-state index in [1.807, 2.05) is 0 Å². The lowest BCUT2D eigenvalue weighted by Crippen LogP contribution is -2.59. The number of carbonyl (C=O) groups excluding carboxylic acids is 1. The van der Waals surface area contributed by atoms with Crippen molar-refractivity contribution in [3.05, 3.63) is 0 Å². The maximum atomic E-state index is 13.1. The van der Waals surface area contributed by atoms with Crippen LogP contribution < -0.4 is 5.73 Å². The summed E-state index contributed by atoms with van der Waals surface area (Å²) in [4.78, 5) is 17.3. The Morgan fingerprint density at radius 2 is 1.52 bits per heavy atom. The summed E-state index contributed by atoms with van der Waals surface area (Å²) in [6, 6.07) is 0.242. The summed E-state index contributed by atoms with van der Waals surface area (Å²) in [6.07, 6.45) is 12.0. The van der Waals surface area contributed by atoms with E-state index >= 15 is 0 Å². The molecule has 0 radical (unpaired) electrons. The molecule has 2 rings (SSSR count). The molecule has 1 saturated heterocycles. The first-order valence-electron chi connectivity index (χ1n) is 9.00. The van der Waals surface area contributed by atoms with Gasteiger partial charge in [0.25, 0.3) is 0 Å². The zero-order chi connectivity index (χ0) is 15.1. The number of hydrogen-bond donors (Lipinski definition) is 1. The Morgan fingerprint density at radius 3 is 2.00 bits per heavy atom. The molecule has 2 N–H and O–H groups in total. The van der Waals surface area contributed by atoms with Crippen molar-refractivity contribution >= 4 is 6.03 Å². The standard InChI is InChI=1S/C17H33N3O/c1-2-20(16(21)19-13-9-5-6-10-14-19)17(15-18)11-7-3-4-8-12-17/h2-15,18H2,1H3. The first-order chi connectivity index (χ1) is 10.2. The highest BCUT2D eigenvalue weighted by Gasteiger charge is 2.39. The lowest BCUT2D eigenvalue weighted by molar-refractivity contribution is 0.0809. The number of nitrogens with zero attached hydrogens (tertiary/aromatic N) is 2. The molecular formula is C17H33N3O. The lowest BCUT2D eigenvalue weighted by atomic mass is 9.88. The Hall–Kier alpha value is -0.770. The largest absolute Gasteiger partial charge is 0.328 e. The molecule has 2 aliphatic rings. The number of urea groups is 1. The Labute approximate surface area is 130 Å². The van der Waals surface area contributed by atoms with E-state index < -0.39 is 0 Å². The van der Waals surface area contributed by atoms with Crippen LogP contribution in [0.15, 0.2) is 0 Å². The van der Waals surface area contributed by atoms with Crippen LogP contribution in [0, 0.1) is 0 Å². The third-order valence-corrected chi connectivity index (χ3v) is 5.41. The van der Waals surface area contributed by atoms with Crippen LogP contribution in [0.4, 0.5) is 4.79 Å². The van der Waals surface area contributed by atoms with Gasteiger partial charge in [-0.1, -0.05) is 38.5 Å². The second kappa shape index (κ2) is 8.02. The van der Waals surface area contributed by atoms with Crippen LogP contribution in [0.3, 0.4) is 0 Å². The first-order valence-corrected chi connectivity index (χ1v) is 9.00. The smallest absolute Gasteiger partial charge is 0.320 e. The van der Waals surface area contributed by atoms with E-state index in [4.69, 9.17) is 5.73 Å². The number of likely N-dealkylation sites (tertiary alicyclic amines) is 1. The van der Waals surface area contributed by atoms with Crippen LogP contribution in [0.1, 0.15) is 71.1 Å². The van der Waals surface area contributed by atoms with Gasteiger partial charge in [0.05, 0.1) is 5.54 Å². The summed E-state index contributed by atoms with van der Waals surface area (Å²) in [5.74, 6) is 0. The quantitative estimate of drug-likeness (QED) is 0.812. The molecule has 1 heterocycles. The van der Waals surface area contributed by atoms with Gasteiger partial charge in [-0.25, -0.2) is 4.79 Å². The summed E-state index contributed by atoms with van der Waals surface area (Å²) < 4.78 is 0. The van der Waals surface area contributed by atoms with E-state index in [0.717, 1.165) is 45.3 Å². The molecule has 0 aromatic heterocycles. The minimum Gasteiger partial charge on any atom is -0.328 e. The third-order valence-electron chi connectivity index (χ3n) is 5.41. The van der Waals surface area contributed by atoms with Gasteiger partial charge in [-0.15, -0.1) is 0 Å². The van der Waals surface area contributed by atoms with Crippen LogP contribution in [0.25, 0.3) is 0 Å². The SMILES string of the molecule is CCN(C(=O)N1CCCCCC1)C1(CN)CCCCCC1. The molecule has 2 amide bonds. The van der Waals surface area contributed by atoms with Gasteiger partial charge in [-0.3, -0.25) is 0 Å². The maximum Gasteiger partial charge on any atom is 0.320 e. The van der Waals surface area contributed by atoms with Gasteiger partial charge in [-0.2, -0.15) is 0 Å². The van der Waals surface area contributed by atoms with E-state index in [-0.39, 0.29) is 11.6 Å². The van der Waals surface area contributed by atoms with Gasteiger partial charge in [0.2, 0.25) is 0 Å². The molecule has 21 heavy (non-hydrogen) atoms. The van der Waals surface area contributed by atoms with E-state index in [1.165, 1.54) is 38.5 Å². The predicted octanol–water partition coefficient (Wildman–Crippen LogP) is 3.36. The monoisotopic (exact) mass is 295 g/mol. The van der Waals surface area contributed by atoms with Crippen molar-refractivity contribution in [2.45, 2.75) is 76.7 Å². The minimum atomic E-state index is -0.0887. The molecule has 0 aromatic carbocycles. The van der Waals surface area contributed by atoms with Crippen molar-refractivity contribution in [2.24, 2.45) is 5.73 Å². The minimum absolute atomic E-state index is 0.0887. The molecule has 0 aromatic rings. The van der Waals surface area contributed by atoms with E-state index in [9.17, 15) is 4.79 Å². The summed E-state index contributed by atoms with van der Waals surface area (Å²) in [5.41, 5.74) is 6.08. The molecule has 0 unspecified atom stereocenters. The van der Waals surface area contributed by atoms with Gasteiger partial charge in [0.1, 0.15) is 0 Å². The van der Waals surface area contributed by atoms with Crippen LogP contribution in [-0.2, 0) is 0 Å². The highest BCUT2D eigenvalue weighted by molar-refractivity contribution is 5.75. The van der Waals surface area contributed by atoms with Crippen LogP contribution >= 0.6 is 0 Å². The Kier molecular flexibility index (Phi) is 6.34. The highest BCUT2D eigenvalue weighted by Crippen LogP contribution is 2.33. The van der Waals surface area contributed by atoms with Gasteiger partial charge in [-0.05, 0) is 32.6 Å². The number of rotatable bonds is 3. The van der Waals surface area contributed by atoms with Gasteiger partial charge < -0.3 is 15.5 Å². The molecule has 1 saturated carbocycles. The van der Waals surface area contributed by atoms with Crippen LogP contribution in [-0.4, -0.2) is 47.5 Å². The Balaban J connectivity index is 2.12. The zero-order valence-corrected chi connectivity index (χ0v) is 13.8. The van der Waals surface area contributed by atoms with E-state index in [2.05, 4.69) is 16.7 Å². The molecule has 1 aliphatic carbocycles. The fourth-order valence-corrected chi connectivity index (χ4v) is 4.08. The van der Waals surface area contributed by atoms with Crippen molar-refractivity contribution in [1.29, 1.82) is 0 Å². The summed E-state index contributed by atoms with van der Waals surface area (Å²) >= 11 is 0. The second-order valence-corrected chi connectivity index (χ2v) is 6.77. The fourth-order valence-electron chi connectivity index (χ4n) is 4.08. The highest BCUT2D eigenvalue weighted by atomic mass is 16.2. The summed E-state index contributed by atoms with van der Waals surface area (Å²) in [6.45, 7) is 5.36. The molecule has 0 spiro atoms. The van der Waals surface area contributed by atoms with Crippen molar-refractivity contribution in [3.63, 3.8) is 0 Å². The average molecular weight is 295 g/mol. The van der Waals surface area contributed by atoms with E-state index in [1.54, 1.807) is 0 Å². The van der Waals surface area contributed by atoms with Crippen molar-refractivity contribution in [3.8, 4) is 0 Å². The predicted molar refractivity (Wildman–Crippen MR) is 87.3 cm³/mol. The second-order valence-electron chi connectivity index (χ2n) is 6.77. The number of likely N-dealkylation sites (N-methyl/N-ethyl adjacent to an activating group) is 1. The number of carbonyl (C=O) groups is 1. The van der Waals surface area contributed by atoms with Crippen molar-refractivity contribution in [1.82, 2.24) is 9.80 Å². The Bertz CT molecular complexity index is 316. The Morgan fingerprint density at radius 1 is 1.00 bits per heavy atom. The molecule has 0 atom stereocenters. The van der Waals surface area contributed by atoms with Crippen molar-refractivity contribution in [2.75, 3.05) is 26.2 Å². The van der Waals surface area contributed by atoms with Crippen LogP contribution in [0.2, 0.25) is 0 Å². The zero-order valence-electron chi connectivity index (χ0n) is 13.8. The van der Waals surface area contributed by atoms with Crippen LogP contribution in [0.5, 0.6) is 0 Å². The summed E-state index contributed by atoms with van der Waals surface area (Å²) in [7, 11) is 0. The first kappa shape index (κ1) is 16.6. The summed E-state index contributed by atoms with van der Waals surface area (Å²) in [5, 5.41) is 0. The lowest BCUT2D eigenvalue weighted by Gasteiger charge is -2.44. The number of nitrogens with two attached hydrogens (primary N) is 1. The number of hydrogen-bond acceptors (Lipinski definition) is 2. The molecule has 0 bridgehead atoms. The fraction of sp³-hybridized carbons (Fsp3) is 0.941. The molecule has 122 valence electrons. The average Bonchev–Trinajstić information content (AvgIpc) is 2.91. The maximum absolute atomic E-state index is 13.1.